The molecule has 0 unspecified atom stereocenters. The molecule has 3 heterocycles. The molecule has 32 heavy (non-hydrogen) atoms. The van der Waals surface area contributed by atoms with E-state index in [1.165, 1.54) is 5.56 Å². The highest BCUT2D eigenvalue weighted by Gasteiger charge is 2.53. The van der Waals surface area contributed by atoms with Crippen molar-refractivity contribution in [3.8, 4) is 11.5 Å². The first-order chi connectivity index (χ1) is 15.5. The van der Waals surface area contributed by atoms with Crippen molar-refractivity contribution in [3.05, 3.63) is 59.2 Å². The summed E-state index contributed by atoms with van der Waals surface area (Å²) in [6, 6.07) is 14.6. The van der Waals surface area contributed by atoms with E-state index in [1.807, 2.05) is 19.1 Å². The summed E-state index contributed by atoms with van der Waals surface area (Å²) in [5.74, 6) is 1.53. The first kappa shape index (κ1) is 20.7. The SMILES string of the molecule is CCOC(=O)N1CCC2(CC1)Oc1c(OC)cccc1[C@H]1CC(c3ccc(C)cc3)=NN12. The second-order valence-electron chi connectivity index (χ2n) is 8.59. The molecular formula is C25H29N3O4. The first-order valence-electron chi connectivity index (χ1n) is 11.3. The van der Waals surface area contributed by atoms with Crippen molar-refractivity contribution >= 4 is 11.8 Å². The van der Waals surface area contributed by atoms with Gasteiger partial charge in [0.15, 0.2) is 11.5 Å². The highest BCUT2D eigenvalue weighted by atomic mass is 16.6. The van der Waals surface area contributed by atoms with Crippen LogP contribution in [0.2, 0.25) is 0 Å². The van der Waals surface area contributed by atoms with Crippen LogP contribution < -0.4 is 9.47 Å². The third-order valence-electron chi connectivity index (χ3n) is 6.66. The fourth-order valence-electron chi connectivity index (χ4n) is 4.94. The summed E-state index contributed by atoms with van der Waals surface area (Å²) in [6.45, 7) is 5.41. The van der Waals surface area contributed by atoms with Gasteiger partial charge >= 0.3 is 6.09 Å². The Morgan fingerprint density at radius 2 is 1.94 bits per heavy atom. The van der Waals surface area contributed by atoms with Gasteiger partial charge in [0.2, 0.25) is 5.72 Å². The molecule has 0 radical (unpaired) electrons. The third kappa shape index (κ3) is 3.36. The minimum atomic E-state index is -0.623. The Balaban J connectivity index is 1.51. The maximum absolute atomic E-state index is 12.3. The number of hydrogen-bond acceptors (Lipinski definition) is 6. The molecule has 3 aliphatic rings. The van der Waals surface area contributed by atoms with Crippen molar-refractivity contribution in [1.82, 2.24) is 9.91 Å². The van der Waals surface area contributed by atoms with Crippen LogP contribution in [0.25, 0.3) is 0 Å². The molecule has 1 amide bonds. The minimum absolute atomic E-state index is 0.0688. The predicted molar refractivity (Wildman–Crippen MR) is 121 cm³/mol. The lowest BCUT2D eigenvalue weighted by Crippen LogP contribution is -2.59. The highest BCUT2D eigenvalue weighted by molar-refractivity contribution is 6.02. The second-order valence-corrected chi connectivity index (χ2v) is 8.59. The lowest BCUT2D eigenvalue weighted by atomic mass is 9.90. The molecule has 2 aromatic rings. The van der Waals surface area contributed by atoms with Crippen molar-refractivity contribution in [1.29, 1.82) is 0 Å². The lowest BCUT2D eigenvalue weighted by Gasteiger charge is -2.51. The van der Waals surface area contributed by atoms with Gasteiger partial charge in [0, 0.05) is 37.9 Å². The molecule has 1 atom stereocenters. The van der Waals surface area contributed by atoms with Gasteiger partial charge in [-0.2, -0.15) is 5.10 Å². The number of benzene rings is 2. The maximum Gasteiger partial charge on any atom is 0.409 e. The minimum Gasteiger partial charge on any atom is -0.493 e. The maximum atomic E-state index is 12.3. The van der Waals surface area contributed by atoms with Crippen LogP contribution in [0.3, 0.4) is 0 Å². The van der Waals surface area contributed by atoms with E-state index < -0.39 is 5.72 Å². The van der Waals surface area contributed by atoms with Gasteiger partial charge in [-0.25, -0.2) is 9.80 Å². The number of ether oxygens (including phenoxy) is 3. The number of likely N-dealkylation sites (tertiary alicyclic amines) is 1. The van der Waals surface area contributed by atoms with Gasteiger partial charge in [-0.3, -0.25) is 0 Å². The van der Waals surface area contributed by atoms with Crippen LogP contribution >= 0.6 is 0 Å². The average molecular weight is 436 g/mol. The number of rotatable bonds is 3. The second kappa shape index (κ2) is 8.04. The fraction of sp³-hybridized carbons (Fsp3) is 0.440. The number of carbonyl (C=O) groups excluding carboxylic acids is 1. The molecule has 1 fully saturated rings. The van der Waals surface area contributed by atoms with Crippen molar-refractivity contribution in [3.63, 3.8) is 0 Å². The van der Waals surface area contributed by atoms with Gasteiger partial charge in [0.25, 0.3) is 0 Å². The highest BCUT2D eigenvalue weighted by Crippen LogP contribution is 2.52. The van der Waals surface area contributed by atoms with Crippen LogP contribution in [-0.2, 0) is 4.74 Å². The van der Waals surface area contributed by atoms with E-state index in [4.69, 9.17) is 19.3 Å². The molecule has 0 aromatic heterocycles. The summed E-state index contributed by atoms with van der Waals surface area (Å²) >= 11 is 0. The summed E-state index contributed by atoms with van der Waals surface area (Å²) in [5.41, 5.74) is 3.89. The van der Waals surface area contributed by atoms with E-state index in [0.717, 1.165) is 34.8 Å². The number of nitrogens with zero attached hydrogens (tertiary/aromatic N) is 3. The van der Waals surface area contributed by atoms with Crippen molar-refractivity contribution in [2.45, 2.75) is 44.9 Å². The Morgan fingerprint density at radius 3 is 2.62 bits per heavy atom. The number of hydrazone groups is 1. The summed E-state index contributed by atoms with van der Waals surface area (Å²) in [7, 11) is 1.67. The molecule has 2 aromatic carbocycles. The summed E-state index contributed by atoms with van der Waals surface area (Å²) in [6.07, 6.45) is 1.82. The molecule has 1 saturated heterocycles. The molecule has 168 valence electrons. The Labute approximate surface area is 188 Å². The zero-order valence-corrected chi connectivity index (χ0v) is 18.8. The molecular weight excluding hydrogens is 406 g/mol. The summed E-state index contributed by atoms with van der Waals surface area (Å²) in [4.78, 5) is 14.0. The number of para-hydroxylation sites is 1. The Bertz CT molecular complexity index is 1040. The van der Waals surface area contributed by atoms with Gasteiger partial charge in [-0.1, -0.05) is 42.0 Å². The summed E-state index contributed by atoms with van der Waals surface area (Å²) in [5, 5.41) is 7.24. The van der Waals surface area contributed by atoms with E-state index in [-0.39, 0.29) is 12.1 Å². The topological polar surface area (TPSA) is 63.6 Å². The van der Waals surface area contributed by atoms with E-state index in [0.29, 0.717) is 32.5 Å². The molecule has 1 spiro atoms. The van der Waals surface area contributed by atoms with Crippen molar-refractivity contribution in [2.75, 3.05) is 26.8 Å². The molecule has 0 bridgehead atoms. The van der Waals surface area contributed by atoms with Crippen LogP contribution in [0, 0.1) is 6.92 Å². The van der Waals surface area contributed by atoms with Crippen LogP contribution in [0.15, 0.2) is 47.6 Å². The van der Waals surface area contributed by atoms with Gasteiger partial charge < -0.3 is 19.1 Å². The van der Waals surface area contributed by atoms with Gasteiger partial charge in [0.05, 0.1) is 25.5 Å². The molecule has 5 rings (SSSR count). The normalized spacial score (nSPS) is 20.8. The van der Waals surface area contributed by atoms with E-state index in [2.05, 4.69) is 42.3 Å². The number of fused-ring (bicyclic) bond motifs is 4. The quantitative estimate of drug-likeness (QED) is 0.711. The number of piperidine rings is 1. The molecule has 0 N–H and O–H groups in total. The van der Waals surface area contributed by atoms with E-state index in [9.17, 15) is 4.79 Å². The number of amides is 1. The summed E-state index contributed by atoms with van der Waals surface area (Å²) < 4.78 is 17.6. The predicted octanol–water partition coefficient (Wildman–Crippen LogP) is 4.50. The number of aryl methyl sites for hydroxylation is 1. The van der Waals surface area contributed by atoms with E-state index >= 15 is 0 Å². The molecule has 7 heteroatoms. The smallest absolute Gasteiger partial charge is 0.409 e. The Morgan fingerprint density at radius 1 is 1.19 bits per heavy atom. The zero-order chi connectivity index (χ0) is 22.3. The molecule has 7 nitrogen and oxygen atoms in total. The Kier molecular flexibility index (Phi) is 5.19. The third-order valence-corrected chi connectivity index (χ3v) is 6.66. The van der Waals surface area contributed by atoms with E-state index in [1.54, 1.807) is 12.0 Å². The van der Waals surface area contributed by atoms with Gasteiger partial charge in [0.1, 0.15) is 0 Å². The Hall–Kier alpha value is -3.22. The zero-order valence-electron chi connectivity index (χ0n) is 18.8. The molecule has 0 saturated carbocycles. The van der Waals surface area contributed by atoms with Crippen LogP contribution in [-0.4, -0.2) is 54.2 Å². The largest absolute Gasteiger partial charge is 0.493 e. The van der Waals surface area contributed by atoms with Crippen LogP contribution in [0.4, 0.5) is 4.79 Å². The standard InChI is InChI=1S/C25H29N3O4/c1-4-31-24(29)27-14-12-25(13-15-27)28-21(19-6-5-7-22(30-3)23(19)32-25)16-20(26-28)18-10-8-17(2)9-11-18/h5-11,21H,4,12-16H2,1-3H3/t21-/m1/s1. The van der Waals surface area contributed by atoms with Gasteiger partial charge in [-0.05, 0) is 25.5 Å². The van der Waals surface area contributed by atoms with Gasteiger partial charge in [-0.15, -0.1) is 0 Å². The van der Waals surface area contributed by atoms with Crippen LogP contribution in [0.1, 0.15) is 48.9 Å². The fourth-order valence-corrected chi connectivity index (χ4v) is 4.94. The number of hydrogen-bond donors (Lipinski definition) is 0. The van der Waals surface area contributed by atoms with Crippen molar-refractivity contribution < 1.29 is 19.0 Å². The monoisotopic (exact) mass is 435 g/mol. The van der Waals surface area contributed by atoms with Crippen LogP contribution in [0.5, 0.6) is 11.5 Å². The van der Waals surface area contributed by atoms with Crippen molar-refractivity contribution in [2.24, 2.45) is 5.10 Å². The first-order valence-corrected chi connectivity index (χ1v) is 11.3. The molecule has 3 aliphatic heterocycles. The lowest BCUT2D eigenvalue weighted by molar-refractivity contribution is -0.148. The molecule has 0 aliphatic carbocycles. The average Bonchev–Trinajstić information content (AvgIpc) is 3.27. The number of methoxy groups -OCH3 is 1. The number of carbonyl (C=O) groups is 1.